The van der Waals surface area contributed by atoms with E-state index in [4.69, 9.17) is 9.84 Å². The molecule has 1 aromatic rings. The Morgan fingerprint density at radius 2 is 2.18 bits per heavy atom. The van der Waals surface area contributed by atoms with Crippen LogP contribution in [0.2, 0.25) is 0 Å². The highest BCUT2D eigenvalue weighted by Gasteiger charge is 2.43. The summed E-state index contributed by atoms with van der Waals surface area (Å²) in [6.45, 7) is 1.31. The molecule has 94 valence electrons. The van der Waals surface area contributed by atoms with E-state index < -0.39 is 36.8 Å². The number of hydrogen-bond donors (Lipinski definition) is 3. The van der Waals surface area contributed by atoms with Crippen molar-refractivity contribution in [3.05, 3.63) is 28.4 Å². The average Bonchev–Trinajstić information content (AvgIpc) is 2.59. The van der Waals surface area contributed by atoms with E-state index in [1.165, 1.54) is 12.4 Å². The normalized spacial score (nSPS) is 32.9. The average molecular weight is 242 g/mol. The number of aliphatic hydroxyl groups excluding tert-OH is 3. The number of hydrogen-bond acceptors (Lipinski definition) is 6. The first kappa shape index (κ1) is 12.2. The van der Waals surface area contributed by atoms with Crippen molar-refractivity contribution in [3.8, 4) is 0 Å². The fraction of sp³-hybridized carbons (Fsp3) is 0.600. The zero-order valence-electron chi connectivity index (χ0n) is 9.22. The molecule has 1 saturated heterocycles. The molecule has 0 amide bonds. The number of aromatic nitrogens is 2. The molecule has 2 rings (SSSR count). The van der Waals surface area contributed by atoms with E-state index in [9.17, 15) is 15.0 Å². The topological polar surface area (TPSA) is 105 Å². The van der Waals surface area contributed by atoms with Gasteiger partial charge in [0.15, 0.2) is 6.23 Å². The number of aliphatic hydroxyl groups is 3. The fourth-order valence-corrected chi connectivity index (χ4v) is 1.82. The van der Waals surface area contributed by atoms with Crippen molar-refractivity contribution in [2.75, 3.05) is 6.61 Å². The van der Waals surface area contributed by atoms with Gasteiger partial charge < -0.3 is 20.1 Å². The van der Waals surface area contributed by atoms with Crippen molar-refractivity contribution in [3.63, 3.8) is 0 Å². The fourth-order valence-electron chi connectivity index (χ4n) is 1.82. The molecular formula is C10H14N2O5. The van der Waals surface area contributed by atoms with Gasteiger partial charge in [-0.15, -0.1) is 0 Å². The first-order valence-corrected chi connectivity index (χ1v) is 5.22. The summed E-state index contributed by atoms with van der Waals surface area (Å²) < 4.78 is 6.34. The molecule has 3 N–H and O–H groups in total. The van der Waals surface area contributed by atoms with Crippen LogP contribution in [0.5, 0.6) is 0 Å². The van der Waals surface area contributed by atoms with Crippen molar-refractivity contribution in [2.24, 2.45) is 0 Å². The summed E-state index contributed by atoms with van der Waals surface area (Å²) in [6.07, 6.45) is -1.54. The Balaban J connectivity index is 2.35. The predicted molar refractivity (Wildman–Crippen MR) is 56.2 cm³/mol. The van der Waals surface area contributed by atoms with Gasteiger partial charge in [0, 0.05) is 12.4 Å². The molecular weight excluding hydrogens is 228 g/mol. The van der Waals surface area contributed by atoms with Gasteiger partial charge in [0.25, 0.3) is 0 Å². The molecule has 0 bridgehead atoms. The van der Waals surface area contributed by atoms with Crippen molar-refractivity contribution >= 4 is 0 Å². The number of rotatable bonds is 2. The third-order valence-corrected chi connectivity index (χ3v) is 2.73. The van der Waals surface area contributed by atoms with Crippen LogP contribution in [0.25, 0.3) is 0 Å². The lowest BCUT2D eigenvalue weighted by molar-refractivity contribution is -0.0550. The van der Waals surface area contributed by atoms with E-state index >= 15 is 0 Å². The largest absolute Gasteiger partial charge is 0.394 e. The summed E-state index contributed by atoms with van der Waals surface area (Å²) >= 11 is 0. The van der Waals surface area contributed by atoms with Gasteiger partial charge in [-0.2, -0.15) is 0 Å². The Labute approximate surface area is 96.9 Å². The minimum absolute atomic E-state index is 0.428. The Morgan fingerprint density at radius 3 is 2.76 bits per heavy atom. The Hall–Kier alpha value is -1.28. The lowest BCUT2D eigenvalue weighted by Crippen LogP contribution is -2.36. The first-order chi connectivity index (χ1) is 8.04. The Kier molecular flexibility index (Phi) is 3.25. The van der Waals surface area contributed by atoms with Crippen LogP contribution in [0.1, 0.15) is 11.8 Å². The molecule has 7 nitrogen and oxygen atoms in total. The second-order valence-corrected chi connectivity index (χ2v) is 4.05. The maximum Gasteiger partial charge on any atom is 0.349 e. The van der Waals surface area contributed by atoms with E-state index in [1.54, 1.807) is 6.92 Å². The quantitative estimate of drug-likeness (QED) is 0.563. The van der Waals surface area contributed by atoms with Crippen LogP contribution in [-0.2, 0) is 4.74 Å². The zero-order chi connectivity index (χ0) is 12.6. The van der Waals surface area contributed by atoms with Gasteiger partial charge in [0.1, 0.15) is 18.3 Å². The number of aryl methyl sites for hydroxylation is 1. The van der Waals surface area contributed by atoms with Crippen LogP contribution >= 0.6 is 0 Å². The maximum absolute atomic E-state index is 11.5. The van der Waals surface area contributed by atoms with E-state index in [0.717, 1.165) is 10.1 Å². The molecule has 0 unspecified atom stereocenters. The van der Waals surface area contributed by atoms with E-state index in [2.05, 4.69) is 4.98 Å². The van der Waals surface area contributed by atoms with Crippen LogP contribution in [0.4, 0.5) is 0 Å². The van der Waals surface area contributed by atoms with E-state index in [1.807, 2.05) is 0 Å². The van der Waals surface area contributed by atoms with Crippen LogP contribution < -0.4 is 5.69 Å². The molecule has 1 aromatic heterocycles. The molecule has 4 atom stereocenters. The van der Waals surface area contributed by atoms with Gasteiger partial charge >= 0.3 is 5.69 Å². The molecule has 0 saturated carbocycles. The Bertz CT molecular complexity index is 460. The summed E-state index contributed by atoms with van der Waals surface area (Å²) in [5, 5.41) is 28.3. The van der Waals surface area contributed by atoms with Crippen LogP contribution in [0.15, 0.2) is 17.2 Å². The molecule has 1 aliphatic heterocycles. The van der Waals surface area contributed by atoms with Gasteiger partial charge in [-0.05, 0) is 12.5 Å². The predicted octanol–water partition coefficient (Wildman–Crippen LogP) is -1.84. The van der Waals surface area contributed by atoms with Crippen molar-refractivity contribution < 1.29 is 20.1 Å². The summed E-state index contributed by atoms with van der Waals surface area (Å²) in [4.78, 5) is 15.1. The highest BCUT2D eigenvalue weighted by atomic mass is 16.6. The highest BCUT2D eigenvalue weighted by Crippen LogP contribution is 2.27. The molecule has 0 spiro atoms. The minimum Gasteiger partial charge on any atom is -0.394 e. The zero-order valence-corrected chi connectivity index (χ0v) is 9.22. The van der Waals surface area contributed by atoms with Crippen LogP contribution in [0, 0.1) is 6.92 Å². The first-order valence-electron chi connectivity index (χ1n) is 5.22. The highest BCUT2D eigenvalue weighted by molar-refractivity contribution is 5.02. The summed E-state index contributed by atoms with van der Waals surface area (Å²) in [7, 11) is 0. The Morgan fingerprint density at radius 1 is 1.47 bits per heavy atom. The smallest absolute Gasteiger partial charge is 0.349 e. The SMILES string of the molecule is Cc1cnc(=O)n([C@@H]2O[C@H](CO)[C@@H](O)[C@H]2O)c1. The van der Waals surface area contributed by atoms with Crippen LogP contribution in [-0.4, -0.2) is 49.8 Å². The summed E-state index contributed by atoms with van der Waals surface area (Å²) in [5.41, 5.74) is 0.146. The summed E-state index contributed by atoms with van der Waals surface area (Å²) in [6, 6.07) is 0. The van der Waals surface area contributed by atoms with Crippen molar-refractivity contribution in [2.45, 2.75) is 31.5 Å². The van der Waals surface area contributed by atoms with Gasteiger partial charge in [-0.1, -0.05) is 0 Å². The van der Waals surface area contributed by atoms with Gasteiger partial charge in [0.2, 0.25) is 0 Å². The van der Waals surface area contributed by atoms with E-state index in [-0.39, 0.29) is 0 Å². The van der Waals surface area contributed by atoms with Crippen molar-refractivity contribution in [1.29, 1.82) is 0 Å². The number of ether oxygens (including phenoxy) is 1. The molecule has 2 heterocycles. The molecule has 1 aliphatic rings. The summed E-state index contributed by atoms with van der Waals surface area (Å²) in [5.74, 6) is 0. The molecule has 7 heteroatoms. The van der Waals surface area contributed by atoms with Gasteiger partial charge in [0.05, 0.1) is 6.61 Å². The third kappa shape index (κ3) is 2.09. The minimum atomic E-state index is -1.27. The standard InChI is InChI=1S/C10H14N2O5/c1-5-2-11-10(16)12(3-5)9-8(15)7(14)6(4-13)17-9/h2-3,6-9,13-15H,4H2,1H3/t6-,7-,8-,9-/m1/s1. The van der Waals surface area contributed by atoms with Crippen LogP contribution in [0.3, 0.4) is 0 Å². The molecule has 0 radical (unpaired) electrons. The van der Waals surface area contributed by atoms with Gasteiger partial charge in [-0.25, -0.2) is 9.78 Å². The molecule has 0 aliphatic carbocycles. The second-order valence-electron chi connectivity index (χ2n) is 4.05. The maximum atomic E-state index is 11.5. The lowest BCUT2D eigenvalue weighted by atomic mass is 10.1. The second kappa shape index (κ2) is 4.53. The third-order valence-electron chi connectivity index (χ3n) is 2.73. The number of nitrogens with zero attached hydrogens (tertiary/aromatic N) is 2. The monoisotopic (exact) mass is 242 g/mol. The lowest BCUT2D eigenvalue weighted by Gasteiger charge is -2.17. The molecule has 0 aromatic carbocycles. The van der Waals surface area contributed by atoms with E-state index in [0.29, 0.717) is 0 Å². The molecule has 17 heavy (non-hydrogen) atoms. The van der Waals surface area contributed by atoms with Crippen molar-refractivity contribution in [1.82, 2.24) is 9.55 Å². The van der Waals surface area contributed by atoms with Gasteiger partial charge in [-0.3, -0.25) is 4.57 Å². The molecule has 1 fully saturated rings.